The Bertz CT molecular complexity index is 490. The van der Waals surface area contributed by atoms with Crippen LogP contribution in [0.1, 0.15) is 19.8 Å². The van der Waals surface area contributed by atoms with E-state index < -0.39 is 0 Å². The first-order valence-corrected chi connectivity index (χ1v) is 7.06. The Kier molecular flexibility index (Phi) is 4.64. The summed E-state index contributed by atoms with van der Waals surface area (Å²) in [6.45, 7) is 6.66. The monoisotopic (exact) mass is 263 g/mol. The van der Waals surface area contributed by atoms with Gasteiger partial charge >= 0.3 is 0 Å². The van der Waals surface area contributed by atoms with Gasteiger partial charge in [0.05, 0.1) is 6.26 Å². The Morgan fingerprint density at radius 3 is 3.06 bits per heavy atom. The van der Waals surface area contributed by atoms with E-state index in [4.69, 9.17) is 4.42 Å². The van der Waals surface area contributed by atoms with Crippen LogP contribution in [0.25, 0.3) is 11.6 Å². The molecule has 96 valence electrons. The molecule has 0 atom stereocenters. The van der Waals surface area contributed by atoms with Crippen molar-refractivity contribution in [1.82, 2.24) is 14.8 Å². The van der Waals surface area contributed by atoms with Gasteiger partial charge in [-0.2, -0.15) is 0 Å². The van der Waals surface area contributed by atoms with E-state index in [1.165, 1.54) is 12.8 Å². The smallest absolute Gasteiger partial charge is 0.200 e. The molecule has 2 aromatic rings. The normalized spacial score (nSPS) is 10.7. The van der Waals surface area contributed by atoms with Gasteiger partial charge in [0.1, 0.15) is 0 Å². The molecule has 2 heterocycles. The zero-order chi connectivity index (χ0) is 12.8. The SMILES string of the molecule is C=CCn1c(SCCCC)nnc1-c1ccco1. The second-order valence-corrected chi connectivity index (χ2v) is 4.95. The van der Waals surface area contributed by atoms with Crippen LogP contribution in [-0.4, -0.2) is 20.5 Å². The molecule has 0 N–H and O–H groups in total. The van der Waals surface area contributed by atoms with Crippen LogP contribution in [0.4, 0.5) is 0 Å². The second-order valence-electron chi connectivity index (χ2n) is 3.88. The number of unbranched alkanes of at least 4 members (excludes halogenated alkanes) is 1. The lowest BCUT2D eigenvalue weighted by Crippen LogP contribution is -2.00. The highest BCUT2D eigenvalue weighted by molar-refractivity contribution is 7.99. The Hall–Kier alpha value is -1.49. The van der Waals surface area contributed by atoms with E-state index in [1.807, 2.05) is 22.8 Å². The predicted molar refractivity (Wildman–Crippen MR) is 73.6 cm³/mol. The predicted octanol–water partition coefficient (Wildman–Crippen LogP) is 3.62. The van der Waals surface area contributed by atoms with Gasteiger partial charge in [-0.25, -0.2) is 0 Å². The quantitative estimate of drug-likeness (QED) is 0.435. The number of hydrogen-bond acceptors (Lipinski definition) is 4. The highest BCUT2D eigenvalue weighted by Gasteiger charge is 2.14. The van der Waals surface area contributed by atoms with Crippen LogP contribution in [0.5, 0.6) is 0 Å². The lowest BCUT2D eigenvalue weighted by molar-refractivity contribution is 0.569. The van der Waals surface area contributed by atoms with E-state index in [0.717, 1.165) is 22.5 Å². The molecule has 0 fully saturated rings. The van der Waals surface area contributed by atoms with Crippen LogP contribution >= 0.6 is 11.8 Å². The van der Waals surface area contributed by atoms with E-state index in [2.05, 4.69) is 23.7 Å². The molecular formula is C13H17N3OS. The van der Waals surface area contributed by atoms with Gasteiger partial charge in [0, 0.05) is 12.3 Å². The third kappa shape index (κ3) is 2.85. The number of thioether (sulfide) groups is 1. The highest BCUT2D eigenvalue weighted by Crippen LogP contribution is 2.24. The van der Waals surface area contributed by atoms with E-state index in [1.54, 1.807) is 18.0 Å². The maximum atomic E-state index is 5.38. The molecular weight excluding hydrogens is 246 g/mol. The van der Waals surface area contributed by atoms with E-state index in [0.29, 0.717) is 6.54 Å². The van der Waals surface area contributed by atoms with Gasteiger partial charge in [-0.05, 0) is 18.6 Å². The van der Waals surface area contributed by atoms with Gasteiger partial charge in [0.15, 0.2) is 10.9 Å². The van der Waals surface area contributed by atoms with Crippen molar-refractivity contribution in [1.29, 1.82) is 0 Å². The molecule has 0 aliphatic heterocycles. The minimum absolute atomic E-state index is 0.692. The fourth-order valence-electron chi connectivity index (χ4n) is 1.59. The molecule has 4 nitrogen and oxygen atoms in total. The molecule has 0 radical (unpaired) electrons. The van der Waals surface area contributed by atoms with Crippen LogP contribution in [0.3, 0.4) is 0 Å². The minimum Gasteiger partial charge on any atom is -0.461 e. The summed E-state index contributed by atoms with van der Waals surface area (Å²) in [5.74, 6) is 2.56. The second kappa shape index (κ2) is 6.44. The van der Waals surface area contributed by atoms with E-state index in [-0.39, 0.29) is 0 Å². The molecule has 18 heavy (non-hydrogen) atoms. The molecule has 0 saturated heterocycles. The van der Waals surface area contributed by atoms with Crippen molar-refractivity contribution >= 4 is 11.8 Å². The zero-order valence-corrected chi connectivity index (χ0v) is 11.3. The molecule has 5 heteroatoms. The summed E-state index contributed by atoms with van der Waals surface area (Å²) in [5, 5.41) is 9.36. The Morgan fingerprint density at radius 1 is 1.50 bits per heavy atom. The van der Waals surface area contributed by atoms with Crippen molar-refractivity contribution in [3.05, 3.63) is 31.1 Å². The standard InChI is InChI=1S/C13H17N3OS/c1-3-5-10-18-13-15-14-12(16(13)8-4-2)11-7-6-9-17-11/h4,6-7,9H,2-3,5,8,10H2,1H3. The number of allylic oxidation sites excluding steroid dienone is 1. The summed E-state index contributed by atoms with van der Waals surface area (Å²) in [6, 6.07) is 3.75. The van der Waals surface area contributed by atoms with Crippen molar-refractivity contribution in [2.24, 2.45) is 0 Å². The topological polar surface area (TPSA) is 43.9 Å². The number of hydrogen-bond donors (Lipinski definition) is 0. The zero-order valence-electron chi connectivity index (χ0n) is 10.5. The first-order chi connectivity index (χ1) is 8.86. The van der Waals surface area contributed by atoms with Gasteiger partial charge in [0.25, 0.3) is 0 Å². The van der Waals surface area contributed by atoms with Crippen LogP contribution in [0, 0.1) is 0 Å². The molecule has 2 aromatic heterocycles. The van der Waals surface area contributed by atoms with Gasteiger partial charge in [0.2, 0.25) is 5.82 Å². The molecule has 0 aliphatic carbocycles. The molecule has 0 spiro atoms. The summed E-state index contributed by atoms with van der Waals surface area (Å²) in [4.78, 5) is 0. The number of furan rings is 1. The molecule has 0 bridgehead atoms. The van der Waals surface area contributed by atoms with Crippen molar-refractivity contribution in [2.45, 2.75) is 31.5 Å². The Morgan fingerprint density at radius 2 is 2.39 bits per heavy atom. The van der Waals surface area contributed by atoms with Crippen molar-refractivity contribution in [3.63, 3.8) is 0 Å². The maximum Gasteiger partial charge on any atom is 0.200 e. The maximum absolute atomic E-state index is 5.38. The average molecular weight is 263 g/mol. The number of nitrogens with zero attached hydrogens (tertiary/aromatic N) is 3. The summed E-state index contributed by atoms with van der Waals surface area (Å²) in [5.41, 5.74) is 0. The lowest BCUT2D eigenvalue weighted by Gasteiger charge is -2.05. The van der Waals surface area contributed by atoms with E-state index in [9.17, 15) is 0 Å². The molecule has 0 unspecified atom stereocenters. The van der Waals surface area contributed by atoms with Crippen LogP contribution in [0.15, 0.2) is 40.6 Å². The number of rotatable bonds is 7. The van der Waals surface area contributed by atoms with Gasteiger partial charge in [-0.15, -0.1) is 16.8 Å². The molecule has 0 saturated carbocycles. The highest BCUT2D eigenvalue weighted by atomic mass is 32.2. The average Bonchev–Trinajstić information content (AvgIpc) is 3.00. The number of aromatic nitrogens is 3. The summed E-state index contributed by atoms with van der Waals surface area (Å²) >= 11 is 1.73. The molecule has 0 aliphatic rings. The summed E-state index contributed by atoms with van der Waals surface area (Å²) in [6.07, 6.45) is 5.86. The van der Waals surface area contributed by atoms with Gasteiger partial charge in [-0.3, -0.25) is 4.57 Å². The van der Waals surface area contributed by atoms with E-state index >= 15 is 0 Å². The fraction of sp³-hybridized carbons (Fsp3) is 0.385. The Balaban J connectivity index is 2.22. The fourth-order valence-corrected chi connectivity index (χ4v) is 2.62. The first kappa shape index (κ1) is 13.0. The van der Waals surface area contributed by atoms with Crippen molar-refractivity contribution < 1.29 is 4.42 Å². The molecule has 0 aromatic carbocycles. The molecule has 2 rings (SSSR count). The third-order valence-electron chi connectivity index (χ3n) is 2.50. The summed E-state index contributed by atoms with van der Waals surface area (Å²) < 4.78 is 7.41. The van der Waals surface area contributed by atoms with Crippen molar-refractivity contribution in [3.8, 4) is 11.6 Å². The van der Waals surface area contributed by atoms with Crippen LogP contribution < -0.4 is 0 Å². The van der Waals surface area contributed by atoms with Gasteiger partial charge < -0.3 is 4.42 Å². The third-order valence-corrected chi connectivity index (χ3v) is 3.55. The van der Waals surface area contributed by atoms with Crippen LogP contribution in [-0.2, 0) is 6.54 Å². The van der Waals surface area contributed by atoms with Gasteiger partial charge in [-0.1, -0.05) is 31.2 Å². The lowest BCUT2D eigenvalue weighted by atomic mass is 10.4. The molecule has 0 amide bonds. The summed E-state index contributed by atoms with van der Waals surface area (Å²) in [7, 11) is 0. The minimum atomic E-state index is 0.692. The first-order valence-electron chi connectivity index (χ1n) is 6.07. The Labute approximate surface area is 111 Å². The van der Waals surface area contributed by atoms with Crippen LogP contribution in [0.2, 0.25) is 0 Å². The van der Waals surface area contributed by atoms with Crippen molar-refractivity contribution in [2.75, 3.05) is 5.75 Å². The largest absolute Gasteiger partial charge is 0.461 e.